The molecular weight excluding hydrogens is 749 g/mol. The van der Waals surface area contributed by atoms with Crippen molar-refractivity contribution < 1.29 is 28.0 Å². The largest absolute Gasteiger partial charge is 0.491 e. The standard InChI is InChI=1S/C40H42N10O6S/c1-48(2)21-19-28(26-56-29-10-4-3-5-11-29)42-33-17-16-30(23-35(33)46-53)57(54,55)47-40(52)34-13-7-14-37(43-34)49-22-18-27-9-6-12-31(32(27)24-49)39(51)45-36-25-50-38(44-36)15-8-20-41-50/h3-17,20,23,25,28,42,46,53H,18-19,21-22,24,26H2,1-2H3,(H,45,51)(H,47,52)/t28-/m1/s1. The van der Waals surface area contributed by atoms with Crippen molar-refractivity contribution in [1.82, 2.24) is 29.2 Å². The van der Waals surface area contributed by atoms with Gasteiger partial charge in [-0.1, -0.05) is 36.4 Å². The van der Waals surface area contributed by atoms with E-state index in [2.05, 4.69) is 35.9 Å². The number of anilines is 4. The molecule has 57 heavy (non-hydrogen) atoms. The molecule has 0 spiro atoms. The summed E-state index contributed by atoms with van der Waals surface area (Å²) < 4.78 is 36.6. The Labute approximate surface area is 329 Å². The third-order valence-electron chi connectivity index (χ3n) is 9.41. The number of para-hydroxylation sites is 1. The Kier molecular flexibility index (Phi) is 11.6. The highest BCUT2D eigenvalue weighted by Crippen LogP contribution is 2.29. The van der Waals surface area contributed by atoms with Gasteiger partial charge in [0.05, 0.1) is 28.5 Å². The number of benzene rings is 3. The van der Waals surface area contributed by atoms with Gasteiger partial charge < -0.3 is 25.2 Å². The smallest absolute Gasteiger partial charge is 0.283 e. The maximum absolute atomic E-state index is 13.5. The molecule has 0 bridgehead atoms. The fraction of sp³-hybridized carbons (Fsp3) is 0.225. The summed E-state index contributed by atoms with van der Waals surface area (Å²) in [5.74, 6) is 0.257. The monoisotopic (exact) mass is 790 g/mol. The molecule has 0 saturated heterocycles. The van der Waals surface area contributed by atoms with Crippen molar-refractivity contribution in [1.29, 1.82) is 0 Å². The number of amides is 2. The highest BCUT2D eigenvalue weighted by molar-refractivity contribution is 7.90. The van der Waals surface area contributed by atoms with E-state index >= 15 is 0 Å². The van der Waals surface area contributed by atoms with Gasteiger partial charge in [-0.3, -0.25) is 20.3 Å². The van der Waals surface area contributed by atoms with Crippen LogP contribution >= 0.6 is 0 Å². The van der Waals surface area contributed by atoms with Crippen molar-refractivity contribution in [3.05, 3.63) is 132 Å². The number of aromatic nitrogens is 4. The fourth-order valence-electron chi connectivity index (χ4n) is 6.48. The van der Waals surface area contributed by atoms with Crippen LogP contribution in [-0.4, -0.2) is 89.8 Å². The second-order valence-electron chi connectivity index (χ2n) is 13.7. The number of ether oxygens (including phenoxy) is 1. The lowest BCUT2D eigenvalue weighted by Gasteiger charge is -2.31. The molecule has 1 aliphatic heterocycles. The quantitative estimate of drug-likeness (QED) is 0.0902. The van der Waals surface area contributed by atoms with Gasteiger partial charge in [0.2, 0.25) is 0 Å². The molecule has 0 unspecified atom stereocenters. The fourth-order valence-corrected chi connectivity index (χ4v) is 7.46. The molecule has 0 fully saturated rings. The Morgan fingerprint density at radius 1 is 0.930 bits per heavy atom. The average molecular weight is 791 g/mol. The van der Waals surface area contributed by atoms with Crippen LogP contribution in [0.3, 0.4) is 0 Å². The maximum Gasteiger partial charge on any atom is 0.283 e. The summed E-state index contributed by atoms with van der Waals surface area (Å²) in [6.07, 6.45) is 4.57. The molecule has 294 valence electrons. The molecule has 2 amide bonds. The van der Waals surface area contributed by atoms with Gasteiger partial charge in [-0.15, -0.1) is 0 Å². The number of nitrogens with one attached hydrogen (secondary N) is 4. The Morgan fingerprint density at radius 3 is 2.54 bits per heavy atom. The van der Waals surface area contributed by atoms with Crippen molar-refractivity contribution in [2.24, 2.45) is 0 Å². The number of hydrogen-bond acceptors (Lipinski definition) is 13. The molecule has 16 nitrogen and oxygen atoms in total. The highest BCUT2D eigenvalue weighted by Gasteiger charge is 2.26. The Morgan fingerprint density at radius 2 is 1.75 bits per heavy atom. The van der Waals surface area contributed by atoms with Crippen molar-refractivity contribution >= 4 is 50.5 Å². The molecular formula is C40H42N10O6S. The predicted octanol–water partition coefficient (Wildman–Crippen LogP) is 4.67. The Balaban J connectivity index is 1.03. The van der Waals surface area contributed by atoms with Crippen LogP contribution in [0, 0.1) is 0 Å². The van der Waals surface area contributed by atoms with Gasteiger partial charge in [0.1, 0.15) is 23.9 Å². The van der Waals surface area contributed by atoms with Crippen molar-refractivity contribution in [3.8, 4) is 5.75 Å². The van der Waals surface area contributed by atoms with Gasteiger partial charge in [-0.2, -0.15) is 5.10 Å². The van der Waals surface area contributed by atoms with E-state index in [9.17, 15) is 23.2 Å². The number of imidazole rings is 1. The summed E-state index contributed by atoms with van der Waals surface area (Å²) in [7, 11) is -0.474. The molecule has 17 heteroatoms. The molecule has 3 aromatic carbocycles. The maximum atomic E-state index is 13.5. The number of carbonyl (C=O) groups is 2. The van der Waals surface area contributed by atoms with Gasteiger partial charge in [0, 0.05) is 24.8 Å². The van der Waals surface area contributed by atoms with Crippen LogP contribution < -0.4 is 30.5 Å². The van der Waals surface area contributed by atoms with Crippen LogP contribution in [0.15, 0.2) is 114 Å². The summed E-state index contributed by atoms with van der Waals surface area (Å²) in [5.41, 5.74) is 5.38. The van der Waals surface area contributed by atoms with Gasteiger partial charge in [-0.05, 0) is 105 Å². The number of nitrogens with zero attached hydrogens (tertiary/aromatic N) is 6. The normalized spacial score (nSPS) is 13.2. The van der Waals surface area contributed by atoms with E-state index in [0.717, 1.165) is 17.7 Å². The zero-order chi connectivity index (χ0) is 39.9. The van der Waals surface area contributed by atoms with Crippen LogP contribution in [0.25, 0.3) is 5.65 Å². The van der Waals surface area contributed by atoms with Gasteiger partial charge >= 0.3 is 0 Å². The minimum absolute atomic E-state index is 0.0915. The molecule has 0 saturated carbocycles. The van der Waals surface area contributed by atoms with E-state index in [0.29, 0.717) is 66.8 Å². The number of carbonyl (C=O) groups excluding carboxylic acids is 2. The first-order valence-electron chi connectivity index (χ1n) is 18.2. The molecule has 1 atom stereocenters. The zero-order valence-electron chi connectivity index (χ0n) is 31.3. The number of fused-ring (bicyclic) bond motifs is 2. The van der Waals surface area contributed by atoms with Gasteiger partial charge in [0.15, 0.2) is 11.5 Å². The lowest BCUT2D eigenvalue weighted by Crippen LogP contribution is -2.34. The summed E-state index contributed by atoms with van der Waals surface area (Å²) in [6.45, 7) is 1.94. The summed E-state index contributed by atoms with van der Waals surface area (Å²) in [6, 6.07) is 27.2. The van der Waals surface area contributed by atoms with E-state index in [4.69, 9.17) is 4.74 Å². The second kappa shape index (κ2) is 17.1. The average Bonchev–Trinajstić information content (AvgIpc) is 3.64. The SMILES string of the molecule is CN(C)CC[C@H](COc1ccccc1)Nc1ccc(S(=O)(=O)NC(=O)c2cccc(N3CCc4cccc(C(=O)Nc5cn6ncccc6n5)c4C3)n2)cc1NO. The molecule has 6 aromatic rings. The number of rotatable bonds is 15. The minimum Gasteiger partial charge on any atom is -0.491 e. The van der Waals surface area contributed by atoms with Crippen LogP contribution in [0.5, 0.6) is 5.75 Å². The van der Waals surface area contributed by atoms with E-state index in [1.54, 1.807) is 47.2 Å². The number of sulfonamides is 1. The topological polar surface area (TPSA) is 195 Å². The van der Waals surface area contributed by atoms with Crippen molar-refractivity contribution in [2.75, 3.05) is 54.8 Å². The molecule has 0 radical (unpaired) electrons. The number of hydrogen-bond donors (Lipinski definition) is 5. The molecule has 3 aromatic heterocycles. The summed E-state index contributed by atoms with van der Waals surface area (Å²) in [5, 5.41) is 20.4. The van der Waals surface area contributed by atoms with Gasteiger partial charge in [0.25, 0.3) is 21.8 Å². The molecule has 4 heterocycles. The van der Waals surface area contributed by atoms with Gasteiger partial charge in [-0.25, -0.2) is 27.6 Å². The van der Waals surface area contributed by atoms with E-state index in [-0.39, 0.29) is 28.2 Å². The number of pyridine rings is 1. The van der Waals surface area contributed by atoms with Crippen LogP contribution in [0.1, 0.15) is 38.4 Å². The van der Waals surface area contributed by atoms with Crippen molar-refractivity contribution in [2.45, 2.75) is 30.3 Å². The third-order valence-corrected chi connectivity index (χ3v) is 10.7. The summed E-state index contributed by atoms with van der Waals surface area (Å²) >= 11 is 0. The van der Waals surface area contributed by atoms with Crippen molar-refractivity contribution in [3.63, 3.8) is 0 Å². The van der Waals surface area contributed by atoms with Crippen LogP contribution in [-0.2, 0) is 23.0 Å². The van der Waals surface area contributed by atoms with E-state index in [1.807, 2.05) is 66.4 Å². The summed E-state index contributed by atoms with van der Waals surface area (Å²) in [4.78, 5) is 39.5. The zero-order valence-corrected chi connectivity index (χ0v) is 32.1. The van der Waals surface area contributed by atoms with E-state index in [1.165, 1.54) is 24.3 Å². The molecule has 1 aliphatic rings. The Hall–Kier alpha value is -6.56. The third kappa shape index (κ3) is 9.29. The molecule has 0 aliphatic carbocycles. The lowest BCUT2D eigenvalue weighted by atomic mass is 9.94. The first kappa shape index (κ1) is 38.7. The van der Waals surface area contributed by atoms with Crippen LogP contribution in [0.2, 0.25) is 0 Å². The highest BCUT2D eigenvalue weighted by atomic mass is 32.2. The first-order valence-corrected chi connectivity index (χ1v) is 19.7. The minimum atomic E-state index is -4.40. The lowest BCUT2D eigenvalue weighted by molar-refractivity contribution is 0.0975. The Bertz CT molecular complexity index is 2460. The molecule has 5 N–H and O–H groups in total. The van der Waals surface area contributed by atoms with E-state index < -0.39 is 15.9 Å². The predicted molar refractivity (Wildman–Crippen MR) is 215 cm³/mol. The molecule has 7 rings (SSSR count). The second-order valence-corrected chi connectivity index (χ2v) is 15.4. The van der Waals surface area contributed by atoms with Crippen LogP contribution in [0.4, 0.5) is 23.0 Å². The first-order chi connectivity index (χ1) is 27.6.